The second-order valence-electron chi connectivity index (χ2n) is 6.37. The highest BCUT2D eigenvalue weighted by atomic mass is 19.4. The van der Waals surface area contributed by atoms with E-state index in [1.165, 1.54) is 19.1 Å². The lowest BCUT2D eigenvalue weighted by atomic mass is 9.93. The Balaban J connectivity index is 2.00. The number of hydrogen-bond donors (Lipinski definition) is 2. The van der Waals surface area contributed by atoms with Crippen LogP contribution in [-0.2, 0) is 16.6 Å². The van der Waals surface area contributed by atoms with Gasteiger partial charge in [-0.1, -0.05) is 12.1 Å². The third kappa shape index (κ3) is 5.21. The molecule has 4 nitrogen and oxygen atoms in total. The number of nitrogens with zero attached hydrogens (tertiary/aromatic N) is 1. The van der Waals surface area contributed by atoms with Crippen molar-refractivity contribution >= 4 is 5.91 Å². The molecule has 1 saturated carbocycles. The van der Waals surface area contributed by atoms with Gasteiger partial charge in [0.25, 0.3) is 0 Å². The number of hydrogen-bond acceptors (Lipinski definition) is 3. The van der Waals surface area contributed by atoms with Gasteiger partial charge < -0.3 is 10.4 Å². The standard InChI is InChI=1S/C16H21F3N2O2/c1-15(23,10-21(2)9-14(22)20-13-6-7-13)11-4-3-5-12(8-11)16(17,18)19/h3-5,8,13,23H,6-7,9-10H2,1-2H3,(H,20,22). The summed E-state index contributed by atoms with van der Waals surface area (Å²) in [5.41, 5.74) is -2.12. The van der Waals surface area contributed by atoms with E-state index in [2.05, 4.69) is 5.32 Å². The van der Waals surface area contributed by atoms with Crippen LogP contribution in [0.25, 0.3) is 0 Å². The molecule has 0 radical (unpaired) electrons. The molecule has 0 heterocycles. The molecular weight excluding hydrogens is 309 g/mol. The van der Waals surface area contributed by atoms with E-state index in [0.717, 1.165) is 25.0 Å². The van der Waals surface area contributed by atoms with Gasteiger partial charge in [0.05, 0.1) is 17.7 Å². The molecule has 0 aliphatic heterocycles. The number of likely N-dealkylation sites (N-methyl/N-ethyl adjacent to an activating group) is 1. The van der Waals surface area contributed by atoms with Gasteiger partial charge in [-0.05, 0) is 44.5 Å². The van der Waals surface area contributed by atoms with Crippen LogP contribution in [0.3, 0.4) is 0 Å². The molecule has 1 aromatic rings. The second kappa shape index (κ2) is 6.49. The maximum atomic E-state index is 12.8. The summed E-state index contributed by atoms with van der Waals surface area (Å²) in [5.74, 6) is -0.144. The number of nitrogens with one attached hydrogen (secondary N) is 1. The fourth-order valence-electron chi connectivity index (χ4n) is 2.45. The number of rotatable bonds is 6. The highest BCUT2D eigenvalue weighted by Gasteiger charge is 2.33. The summed E-state index contributed by atoms with van der Waals surface area (Å²) in [7, 11) is 1.65. The predicted molar refractivity (Wildman–Crippen MR) is 79.7 cm³/mol. The summed E-state index contributed by atoms with van der Waals surface area (Å²) >= 11 is 0. The van der Waals surface area contributed by atoms with Crippen molar-refractivity contribution < 1.29 is 23.1 Å². The third-order valence-electron chi connectivity index (χ3n) is 3.75. The van der Waals surface area contributed by atoms with E-state index in [0.29, 0.717) is 0 Å². The molecule has 1 aliphatic rings. The monoisotopic (exact) mass is 330 g/mol. The molecule has 1 amide bonds. The Hall–Kier alpha value is -1.60. The second-order valence-corrected chi connectivity index (χ2v) is 6.37. The SMILES string of the molecule is CN(CC(=O)NC1CC1)CC(C)(O)c1cccc(C(F)(F)F)c1. The fraction of sp³-hybridized carbons (Fsp3) is 0.562. The Morgan fingerprint density at radius 2 is 1.96 bits per heavy atom. The summed E-state index contributed by atoms with van der Waals surface area (Å²) in [6.07, 6.45) is -2.49. The first-order chi connectivity index (χ1) is 10.6. The van der Waals surface area contributed by atoms with Crippen molar-refractivity contribution in [3.05, 3.63) is 35.4 Å². The van der Waals surface area contributed by atoms with Gasteiger partial charge >= 0.3 is 6.18 Å². The Labute approximate surface area is 133 Å². The van der Waals surface area contributed by atoms with Gasteiger partial charge in [0.2, 0.25) is 5.91 Å². The van der Waals surface area contributed by atoms with Crippen LogP contribution in [0.15, 0.2) is 24.3 Å². The molecular formula is C16H21F3N2O2. The Morgan fingerprint density at radius 3 is 2.52 bits per heavy atom. The van der Waals surface area contributed by atoms with E-state index in [1.807, 2.05) is 0 Å². The van der Waals surface area contributed by atoms with Crippen molar-refractivity contribution in [2.24, 2.45) is 0 Å². The van der Waals surface area contributed by atoms with Crippen molar-refractivity contribution in [1.82, 2.24) is 10.2 Å². The van der Waals surface area contributed by atoms with E-state index >= 15 is 0 Å². The number of benzene rings is 1. The first-order valence-electron chi connectivity index (χ1n) is 7.46. The Kier molecular flexibility index (Phi) is 5.01. The minimum Gasteiger partial charge on any atom is -0.384 e. The van der Waals surface area contributed by atoms with Crippen molar-refractivity contribution in [2.45, 2.75) is 37.6 Å². The number of halogens is 3. The van der Waals surface area contributed by atoms with E-state index < -0.39 is 17.3 Å². The fourth-order valence-corrected chi connectivity index (χ4v) is 2.45. The molecule has 1 atom stereocenters. The van der Waals surface area contributed by atoms with Crippen molar-refractivity contribution in [1.29, 1.82) is 0 Å². The van der Waals surface area contributed by atoms with Crippen LogP contribution in [0.5, 0.6) is 0 Å². The van der Waals surface area contributed by atoms with Crippen LogP contribution in [-0.4, -0.2) is 42.1 Å². The number of carbonyl (C=O) groups excluding carboxylic acids is 1. The van der Waals surface area contributed by atoms with Crippen LogP contribution < -0.4 is 5.32 Å². The molecule has 23 heavy (non-hydrogen) atoms. The average Bonchev–Trinajstić information content (AvgIpc) is 3.20. The van der Waals surface area contributed by atoms with Crippen LogP contribution in [0.4, 0.5) is 13.2 Å². The molecule has 0 aromatic heterocycles. The molecule has 0 bridgehead atoms. The van der Waals surface area contributed by atoms with Gasteiger partial charge in [-0.2, -0.15) is 13.2 Å². The van der Waals surface area contributed by atoms with Crippen molar-refractivity contribution in [2.75, 3.05) is 20.1 Å². The molecule has 128 valence electrons. The molecule has 2 N–H and O–H groups in total. The first-order valence-corrected chi connectivity index (χ1v) is 7.46. The third-order valence-corrected chi connectivity index (χ3v) is 3.75. The summed E-state index contributed by atoms with van der Waals surface area (Å²) in [6.45, 7) is 1.58. The van der Waals surface area contributed by atoms with Crippen molar-refractivity contribution in [3.63, 3.8) is 0 Å². The number of aliphatic hydroxyl groups is 1. The number of alkyl halides is 3. The average molecular weight is 330 g/mol. The lowest BCUT2D eigenvalue weighted by molar-refractivity contribution is -0.137. The minimum absolute atomic E-state index is 0.0480. The van der Waals surface area contributed by atoms with E-state index in [-0.39, 0.29) is 30.6 Å². The largest absolute Gasteiger partial charge is 0.416 e. The smallest absolute Gasteiger partial charge is 0.384 e. The molecule has 1 aliphatic carbocycles. The van der Waals surface area contributed by atoms with Gasteiger partial charge in [-0.25, -0.2) is 0 Å². The maximum absolute atomic E-state index is 12.8. The van der Waals surface area contributed by atoms with Crippen LogP contribution in [0.2, 0.25) is 0 Å². The first kappa shape index (κ1) is 17.7. The zero-order chi connectivity index (χ0) is 17.3. The highest BCUT2D eigenvalue weighted by Crippen LogP contribution is 2.32. The van der Waals surface area contributed by atoms with Crippen LogP contribution in [0.1, 0.15) is 30.9 Å². The van der Waals surface area contributed by atoms with Gasteiger partial charge in [0.1, 0.15) is 0 Å². The summed E-state index contributed by atoms with van der Waals surface area (Å²) in [5, 5.41) is 13.3. The van der Waals surface area contributed by atoms with E-state index in [1.54, 1.807) is 11.9 Å². The maximum Gasteiger partial charge on any atom is 0.416 e. The molecule has 1 fully saturated rings. The van der Waals surface area contributed by atoms with Gasteiger partial charge in [-0.3, -0.25) is 9.69 Å². The van der Waals surface area contributed by atoms with Crippen molar-refractivity contribution in [3.8, 4) is 0 Å². The normalized spacial score (nSPS) is 17.9. The Bertz CT molecular complexity index is 569. The molecule has 7 heteroatoms. The van der Waals surface area contributed by atoms with E-state index in [9.17, 15) is 23.1 Å². The lowest BCUT2D eigenvalue weighted by Crippen LogP contribution is -2.42. The topological polar surface area (TPSA) is 52.6 Å². The van der Waals surface area contributed by atoms with Crippen LogP contribution >= 0.6 is 0 Å². The molecule has 2 rings (SSSR count). The molecule has 0 saturated heterocycles. The minimum atomic E-state index is -4.46. The summed E-state index contributed by atoms with van der Waals surface area (Å²) < 4.78 is 38.3. The molecule has 1 aromatic carbocycles. The molecule has 0 spiro atoms. The van der Waals surface area contributed by atoms with E-state index in [4.69, 9.17) is 0 Å². The Morgan fingerprint density at radius 1 is 1.35 bits per heavy atom. The van der Waals surface area contributed by atoms with Gasteiger partial charge in [0.15, 0.2) is 0 Å². The lowest BCUT2D eigenvalue weighted by Gasteiger charge is -2.29. The predicted octanol–water partition coefficient (Wildman–Crippen LogP) is 2.12. The summed E-state index contributed by atoms with van der Waals surface area (Å²) in [4.78, 5) is 13.3. The molecule has 1 unspecified atom stereocenters. The zero-order valence-electron chi connectivity index (χ0n) is 13.2. The number of amides is 1. The van der Waals surface area contributed by atoms with Crippen LogP contribution in [0, 0.1) is 0 Å². The summed E-state index contributed by atoms with van der Waals surface area (Å²) in [6, 6.07) is 4.88. The number of carbonyl (C=O) groups is 1. The highest BCUT2D eigenvalue weighted by molar-refractivity contribution is 5.78. The zero-order valence-corrected chi connectivity index (χ0v) is 13.2. The van der Waals surface area contributed by atoms with Gasteiger partial charge in [0, 0.05) is 12.6 Å². The van der Waals surface area contributed by atoms with Gasteiger partial charge in [-0.15, -0.1) is 0 Å². The quantitative estimate of drug-likeness (QED) is 0.840.